The van der Waals surface area contributed by atoms with E-state index in [0.717, 1.165) is 13.0 Å². The molecule has 3 unspecified atom stereocenters. The highest BCUT2D eigenvalue weighted by Crippen LogP contribution is 2.38. The van der Waals surface area contributed by atoms with Gasteiger partial charge < -0.3 is 10.5 Å². The van der Waals surface area contributed by atoms with Crippen molar-refractivity contribution in [1.82, 2.24) is 4.90 Å². The first-order valence-corrected chi connectivity index (χ1v) is 7.40. The first-order chi connectivity index (χ1) is 8.35. The monoisotopic (exact) mass is 254 g/mol. The van der Waals surface area contributed by atoms with Gasteiger partial charge in [0.15, 0.2) is 0 Å². The molecular formula is C15H30N2O. The van der Waals surface area contributed by atoms with Crippen molar-refractivity contribution >= 4 is 0 Å². The van der Waals surface area contributed by atoms with Gasteiger partial charge in [0.05, 0.1) is 5.60 Å². The average Bonchev–Trinajstić information content (AvgIpc) is 2.32. The molecule has 0 bridgehead atoms. The minimum absolute atomic E-state index is 0.0273. The Bertz CT molecular complexity index is 292. The fourth-order valence-corrected chi connectivity index (χ4v) is 3.66. The van der Waals surface area contributed by atoms with Crippen LogP contribution in [0.4, 0.5) is 0 Å². The van der Waals surface area contributed by atoms with Gasteiger partial charge in [0.25, 0.3) is 0 Å². The molecule has 2 N–H and O–H groups in total. The predicted octanol–water partition coefficient (Wildman–Crippen LogP) is 2.39. The summed E-state index contributed by atoms with van der Waals surface area (Å²) in [6.07, 6.45) is 6.06. The Morgan fingerprint density at radius 2 is 1.94 bits per heavy atom. The zero-order valence-electron chi connectivity index (χ0n) is 12.5. The van der Waals surface area contributed by atoms with E-state index in [1.165, 1.54) is 32.2 Å². The van der Waals surface area contributed by atoms with Crippen molar-refractivity contribution in [3.8, 4) is 0 Å². The van der Waals surface area contributed by atoms with Crippen LogP contribution in [-0.4, -0.2) is 42.8 Å². The lowest BCUT2D eigenvalue weighted by Gasteiger charge is -2.49. The molecule has 2 aliphatic rings. The molecule has 106 valence electrons. The number of hydrogen-bond acceptors (Lipinski definition) is 3. The standard InChI is InChI=1S/C15H30N2O/c1-14(2)8-6-12(16)13(10-14)17-9-5-7-15(3,11-17)18-4/h12-13H,5-11,16H2,1-4H3. The highest BCUT2D eigenvalue weighted by Gasteiger charge is 2.40. The van der Waals surface area contributed by atoms with Crippen LogP contribution in [0.1, 0.15) is 52.9 Å². The summed E-state index contributed by atoms with van der Waals surface area (Å²) in [7, 11) is 1.84. The molecule has 2 fully saturated rings. The van der Waals surface area contributed by atoms with E-state index in [1.54, 1.807) is 0 Å². The Hall–Kier alpha value is -0.120. The quantitative estimate of drug-likeness (QED) is 0.822. The van der Waals surface area contributed by atoms with E-state index < -0.39 is 0 Å². The molecule has 2 rings (SSSR count). The third-order valence-corrected chi connectivity index (χ3v) is 5.06. The molecule has 1 aliphatic carbocycles. The first-order valence-electron chi connectivity index (χ1n) is 7.40. The van der Waals surface area contributed by atoms with Crippen LogP contribution in [-0.2, 0) is 4.74 Å². The summed E-state index contributed by atoms with van der Waals surface area (Å²) in [5, 5.41) is 0. The van der Waals surface area contributed by atoms with E-state index in [-0.39, 0.29) is 5.60 Å². The number of piperidine rings is 1. The van der Waals surface area contributed by atoms with Crippen molar-refractivity contribution < 1.29 is 4.74 Å². The number of hydrogen-bond donors (Lipinski definition) is 1. The summed E-state index contributed by atoms with van der Waals surface area (Å²) in [5.41, 5.74) is 6.85. The van der Waals surface area contributed by atoms with Crippen LogP contribution in [0.25, 0.3) is 0 Å². The normalized spacial score (nSPS) is 41.8. The Balaban J connectivity index is 2.05. The summed E-state index contributed by atoms with van der Waals surface area (Å²) in [5.74, 6) is 0. The average molecular weight is 254 g/mol. The molecule has 0 radical (unpaired) electrons. The van der Waals surface area contributed by atoms with Gasteiger partial charge in [0.1, 0.15) is 0 Å². The largest absolute Gasteiger partial charge is 0.377 e. The Morgan fingerprint density at radius 3 is 2.61 bits per heavy atom. The van der Waals surface area contributed by atoms with E-state index in [1.807, 2.05) is 7.11 Å². The van der Waals surface area contributed by atoms with Crippen LogP contribution in [0.2, 0.25) is 0 Å². The van der Waals surface area contributed by atoms with E-state index in [9.17, 15) is 0 Å². The highest BCUT2D eigenvalue weighted by atomic mass is 16.5. The molecule has 3 nitrogen and oxygen atoms in total. The maximum Gasteiger partial charge on any atom is 0.0777 e. The van der Waals surface area contributed by atoms with Gasteiger partial charge in [-0.05, 0) is 51.0 Å². The Morgan fingerprint density at radius 1 is 1.22 bits per heavy atom. The van der Waals surface area contributed by atoms with E-state index in [2.05, 4.69) is 25.7 Å². The molecule has 0 aromatic heterocycles. The molecule has 1 aliphatic heterocycles. The number of methoxy groups -OCH3 is 1. The van der Waals surface area contributed by atoms with Crippen molar-refractivity contribution in [2.45, 2.75) is 70.6 Å². The highest BCUT2D eigenvalue weighted by molar-refractivity contribution is 4.96. The topological polar surface area (TPSA) is 38.5 Å². The van der Waals surface area contributed by atoms with E-state index in [4.69, 9.17) is 10.5 Å². The minimum atomic E-state index is 0.0273. The minimum Gasteiger partial charge on any atom is -0.377 e. The number of likely N-dealkylation sites (tertiary alicyclic amines) is 1. The van der Waals surface area contributed by atoms with Crippen molar-refractivity contribution in [2.24, 2.45) is 11.1 Å². The maximum absolute atomic E-state index is 6.38. The van der Waals surface area contributed by atoms with Gasteiger partial charge in [0.2, 0.25) is 0 Å². The lowest BCUT2D eigenvalue weighted by Crippen LogP contribution is -2.58. The van der Waals surface area contributed by atoms with Crippen LogP contribution < -0.4 is 5.73 Å². The van der Waals surface area contributed by atoms with Gasteiger partial charge in [-0.25, -0.2) is 0 Å². The SMILES string of the molecule is COC1(C)CCCN(C2CC(C)(C)CCC2N)C1. The molecule has 1 saturated carbocycles. The second-order valence-corrected chi connectivity index (χ2v) is 7.37. The lowest BCUT2D eigenvalue weighted by molar-refractivity contribution is -0.0726. The molecule has 0 aromatic rings. The summed E-state index contributed by atoms with van der Waals surface area (Å²) < 4.78 is 5.70. The number of nitrogens with two attached hydrogens (primary N) is 1. The summed E-state index contributed by atoms with van der Waals surface area (Å²) in [6, 6.07) is 0.890. The molecule has 1 saturated heterocycles. The fourth-order valence-electron chi connectivity index (χ4n) is 3.66. The number of ether oxygens (including phenoxy) is 1. The lowest BCUT2D eigenvalue weighted by atomic mass is 9.72. The van der Waals surface area contributed by atoms with Gasteiger partial charge in [0, 0.05) is 25.7 Å². The van der Waals surface area contributed by atoms with Gasteiger partial charge in [-0.2, -0.15) is 0 Å². The third kappa shape index (κ3) is 3.06. The molecule has 0 amide bonds. The van der Waals surface area contributed by atoms with Gasteiger partial charge in [-0.3, -0.25) is 4.90 Å². The van der Waals surface area contributed by atoms with Gasteiger partial charge in [-0.15, -0.1) is 0 Å². The molecule has 18 heavy (non-hydrogen) atoms. The molecule has 0 spiro atoms. The zero-order valence-corrected chi connectivity index (χ0v) is 12.5. The summed E-state index contributed by atoms with van der Waals surface area (Å²) in [4.78, 5) is 2.60. The van der Waals surface area contributed by atoms with Crippen LogP contribution in [0, 0.1) is 5.41 Å². The number of nitrogens with zero attached hydrogens (tertiary/aromatic N) is 1. The van der Waals surface area contributed by atoms with Crippen LogP contribution in [0.3, 0.4) is 0 Å². The van der Waals surface area contributed by atoms with Gasteiger partial charge >= 0.3 is 0 Å². The van der Waals surface area contributed by atoms with Crippen LogP contribution in [0.15, 0.2) is 0 Å². The van der Waals surface area contributed by atoms with E-state index in [0.29, 0.717) is 17.5 Å². The molecule has 3 atom stereocenters. The molecule has 0 aromatic carbocycles. The van der Waals surface area contributed by atoms with E-state index >= 15 is 0 Å². The third-order valence-electron chi connectivity index (χ3n) is 5.06. The fraction of sp³-hybridized carbons (Fsp3) is 1.00. The molecular weight excluding hydrogens is 224 g/mol. The number of rotatable bonds is 2. The second kappa shape index (κ2) is 5.10. The van der Waals surface area contributed by atoms with Crippen LogP contribution >= 0.6 is 0 Å². The van der Waals surface area contributed by atoms with Crippen molar-refractivity contribution in [1.29, 1.82) is 0 Å². The zero-order chi connectivity index (χ0) is 13.4. The second-order valence-electron chi connectivity index (χ2n) is 7.37. The van der Waals surface area contributed by atoms with Crippen LogP contribution in [0.5, 0.6) is 0 Å². The maximum atomic E-state index is 6.38. The van der Waals surface area contributed by atoms with Gasteiger partial charge in [-0.1, -0.05) is 13.8 Å². The summed E-state index contributed by atoms with van der Waals surface area (Å²) >= 11 is 0. The first kappa shape index (κ1) is 14.3. The Kier molecular flexibility index (Phi) is 4.05. The smallest absolute Gasteiger partial charge is 0.0777 e. The predicted molar refractivity (Wildman–Crippen MR) is 75.6 cm³/mol. The molecule has 3 heteroatoms. The Labute approximate surface area is 112 Å². The van der Waals surface area contributed by atoms with Crippen molar-refractivity contribution in [3.05, 3.63) is 0 Å². The van der Waals surface area contributed by atoms with Crippen molar-refractivity contribution in [2.75, 3.05) is 20.2 Å². The summed E-state index contributed by atoms with van der Waals surface area (Å²) in [6.45, 7) is 9.22. The van der Waals surface area contributed by atoms with Crippen molar-refractivity contribution in [3.63, 3.8) is 0 Å². The molecule has 1 heterocycles.